The lowest BCUT2D eigenvalue weighted by molar-refractivity contribution is -0.273. The molecule has 1 aliphatic heterocycles. The molecular formula is C20H28O7. The molecular weight excluding hydrogens is 352 g/mol. The summed E-state index contributed by atoms with van der Waals surface area (Å²) in [5, 5.41) is 42.5. The fraction of sp³-hybridized carbons (Fsp3) is 0.750. The topological polar surface area (TPSA) is 120 Å². The predicted octanol–water partition coefficient (Wildman–Crippen LogP) is 1.16. The van der Waals surface area contributed by atoms with Crippen molar-refractivity contribution >= 4 is 5.97 Å². The molecule has 1 aromatic rings. The van der Waals surface area contributed by atoms with Gasteiger partial charge in [0.1, 0.15) is 6.10 Å². The Balaban J connectivity index is 1.82. The van der Waals surface area contributed by atoms with E-state index in [1.807, 2.05) is 6.92 Å². The van der Waals surface area contributed by atoms with Crippen LogP contribution in [0.2, 0.25) is 0 Å². The Morgan fingerprint density at radius 1 is 1.30 bits per heavy atom. The third kappa shape index (κ3) is 2.26. The molecule has 27 heavy (non-hydrogen) atoms. The zero-order valence-electron chi connectivity index (χ0n) is 15.5. The molecule has 1 saturated heterocycles. The van der Waals surface area contributed by atoms with Gasteiger partial charge in [0, 0.05) is 12.0 Å². The van der Waals surface area contributed by atoms with Gasteiger partial charge in [-0.05, 0) is 37.2 Å². The molecule has 2 aliphatic carbocycles. The Kier molecular flexibility index (Phi) is 4.42. The average molecular weight is 380 g/mol. The zero-order chi connectivity index (χ0) is 19.4. The number of rotatable bonds is 3. The maximum absolute atomic E-state index is 13.2. The minimum Gasteiger partial charge on any atom is -0.472 e. The summed E-state index contributed by atoms with van der Waals surface area (Å²) >= 11 is 0. The summed E-state index contributed by atoms with van der Waals surface area (Å²) < 4.78 is 10.9. The fourth-order valence-corrected chi connectivity index (χ4v) is 6.36. The third-order valence-corrected chi connectivity index (χ3v) is 7.83. The van der Waals surface area contributed by atoms with Crippen molar-refractivity contribution in [3.05, 3.63) is 24.2 Å². The number of carbonyl (C=O) groups excluding carboxylic acids is 1. The van der Waals surface area contributed by atoms with Crippen molar-refractivity contribution in [1.29, 1.82) is 0 Å². The lowest BCUT2D eigenvalue weighted by atomic mass is 9.42. The fourth-order valence-electron chi connectivity index (χ4n) is 6.36. The van der Waals surface area contributed by atoms with E-state index in [9.17, 15) is 25.2 Å². The van der Waals surface area contributed by atoms with Gasteiger partial charge in [-0.25, -0.2) is 0 Å². The van der Waals surface area contributed by atoms with Crippen LogP contribution in [0.5, 0.6) is 0 Å². The maximum atomic E-state index is 13.2. The van der Waals surface area contributed by atoms with Gasteiger partial charge < -0.3 is 29.6 Å². The van der Waals surface area contributed by atoms with E-state index in [1.165, 1.54) is 6.26 Å². The Morgan fingerprint density at radius 3 is 2.70 bits per heavy atom. The summed E-state index contributed by atoms with van der Waals surface area (Å²) in [5.74, 6) is -1.01. The second-order valence-corrected chi connectivity index (χ2v) is 8.68. The van der Waals surface area contributed by atoms with Crippen molar-refractivity contribution in [3.63, 3.8) is 0 Å². The first-order valence-corrected chi connectivity index (χ1v) is 9.71. The Hall–Kier alpha value is -1.41. The highest BCUT2D eigenvalue weighted by Crippen LogP contribution is 2.67. The molecule has 0 bridgehead atoms. The number of aliphatic hydroxyl groups excluding tert-OH is 3. The monoisotopic (exact) mass is 380 g/mol. The smallest absolute Gasteiger partial charge is 0.313 e. The molecule has 3 aliphatic rings. The first-order chi connectivity index (χ1) is 12.9. The first-order valence-electron chi connectivity index (χ1n) is 9.71. The lowest BCUT2D eigenvalue weighted by Crippen LogP contribution is -2.72. The minimum atomic E-state index is -1.63. The third-order valence-electron chi connectivity index (χ3n) is 7.83. The summed E-state index contributed by atoms with van der Waals surface area (Å²) in [6.45, 7) is 0.871. The number of carbonyl (C=O) groups is 1. The van der Waals surface area contributed by atoms with Gasteiger partial charge in [0.15, 0.2) is 0 Å². The van der Waals surface area contributed by atoms with E-state index in [4.69, 9.17) is 9.15 Å². The van der Waals surface area contributed by atoms with E-state index in [1.54, 1.807) is 12.3 Å². The summed E-state index contributed by atoms with van der Waals surface area (Å²) in [4.78, 5) is 13.2. The molecule has 2 saturated carbocycles. The van der Waals surface area contributed by atoms with Crippen LogP contribution in [0.3, 0.4) is 0 Å². The molecule has 1 aromatic heterocycles. The van der Waals surface area contributed by atoms with Crippen molar-refractivity contribution in [2.45, 2.75) is 56.8 Å². The van der Waals surface area contributed by atoms with Gasteiger partial charge in [-0.15, -0.1) is 0 Å². The molecule has 7 unspecified atom stereocenters. The van der Waals surface area contributed by atoms with Gasteiger partial charge in [-0.2, -0.15) is 0 Å². The number of cyclic esters (lactones) is 1. The van der Waals surface area contributed by atoms with Crippen LogP contribution in [-0.2, 0) is 9.53 Å². The number of ether oxygens (including phenoxy) is 1. The van der Waals surface area contributed by atoms with E-state index in [0.29, 0.717) is 19.3 Å². The number of hydrogen-bond acceptors (Lipinski definition) is 7. The quantitative estimate of drug-likeness (QED) is 0.581. The summed E-state index contributed by atoms with van der Waals surface area (Å²) in [7, 11) is 0. The molecule has 2 heterocycles. The van der Waals surface area contributed by atoms with Crippen molar-refractivity contribution in [2.75, 3.05) is 13.2 Å². The number of fused-ring (bicyclic) bond motifs is 2. The molecule has 4 rings (SSSR count). The van der Waals surface area contributed by atoms with Crippen LogP contribution in [0.4, 0.5) is 0 Å². The van der Waals surface area contributed by atoms with E-state index in [0.717, 1.165) is 5.56 Å². The van der Waals surface area contributed by atoms with Crippen molar-refractivity contribution in [3.8, 4) is 0 Å². The van der Waals surface area contributed by atoms with E-state index in [-0.39, 0.29) is 24.7 Å². The van der Waals surface area contributed by atoms with Gasteiger partial charge in [0.2, 0.25) is 0 Å². The molecule has 150 valence electrons. The lowest BCUT2D eigenvalue weighted by Gasteiger charge is -2.63. The number of hydrogen-bond donors (Lipinski definition) is 4. The van der Waals surface area contributed by atoms with Crippen LogP contribution < -0.4 is 0 Å². The summed E-state index contributed by atoms with van der Waals surface area (Å²) in [6.07, 6.45) is 3.77. The van der Waals surface area contributed by atoms with Gasteiger partial charge in [-0.1, -0.05) is 13.3 Å². The minimum absolute atomic E-state index is 0.178. The molecule has 0 aromatic carbocycles. The van der Waals surface area contributed by atoms with E-state index in [2.05, 4.69) is 0 Å². The molecule has 0 amide bonds. The Bertz CT molecular complexity index is 703. The van der Waals surface area contributed by atoms with Crippen LogP contribution in [-0.4, -0.2) is 51.3 Å². The summed E-state index contributed by atoms with van der Waals surface area (Å²) in [6, 6.07) is 1.77. The Labute approximate surface area is 157 Å². The second-order valence-electron chi connectivity index (χ2n) is 8.68. The van der Waals surface area contributed by atoms with Crippen molar-refractivity contribution in [2.24, 2.45) is 22.7 Å². The van der Waals surface area contributed by atoms with Crippen LogP contribution in [0.15, 0.2) is 23.0 Å². The highest BCUT2D eigenvalue weighted by molar-refractivity contribution is 5.80. The number of esters is 1. The van der Waals surface area contributed by atoms with Crippen LogP contribution in [0, 0.1) is 22.7 Å². The van der Waals surface area contributed by atoms with Crippen LogP contribution >= 0.6 is 0 Å². The van der Waals surface area contributed by atoms with Gasteiger partial charge in [0.05, 0.1) is 48.3 Å². The molecule has 3 fully saturated rings. The average Bonchev–Trinajstić information content (AvgIpc) is 3.29. The zero-order valence-corrected chi connectivity index (χ0v) is 15.5. The van der Waals surface area contributed by atoms with Crippen LogP contribution in [0.1, 0.15) is 50.7 Å². The van der Waals surface area contributed by atoms with Crippen molar-refractivity contribution in [1.82, 2.24) is 0 Å². The van der Waals surface area contributed by atoms with Crippen LogP contribution in [0.25, 0.3) is 0 Å². The molecule has 7 heteroatoms. The predicted molar refractivity (Wildman–Crippen MR) is 93.3 cm³/mol. The van der Waals surface area contributed by atoms with Gasteiger partial charge in [0.25, 0.3) is 0 Å². The highest BCUT2D eigenvalue weighted by atomic mass is 16.6. The van der Waals surface area contributed by atoms with E-state index >= 15 is 0 Å². The van der Waals surface area contributed by atoms with Crippen molar-refractivity contribution < 1.29 is 34.4 Å². The normalized spacial score (nSPS) is 47.1. The molecule has 4 N–H and O–H groups in total. The largest absolute Gasteiger partial charge is 0.472 e. The Morgan fingerprint density at radius 2 is 2.07 bits per heavy atom. The second kappa shape index (κ2) is 6.30. The summed E-state index contributed by atoms with van der Waals surface area (Å²) in [5.41, 5.74) is -3.13. The highest BCUT2D eigenvalue weighted by Gasteiger charge is 2.73. The molecule has 7 atom stereocenters. The maximum Gasteiger partial charge on any atom is 0.313 e. The SMILES string of the molecule is CC1CC(O)C2(CO)C(CCCC2(O)CO)C12CC(c1ccoc1)OC2=O. The molecule has 0 radical (unpaired) electrons. The number of aliphatic hydroxyl groups is 4. The van der Waals surface area contributed by atoms with E-state index < -0.39 is 47.8 Å². The standard InChI is InChI=1S/C20H28O7/c1-12-7-16(23)20(11-22)15(3-2-5-18(20,25)10-21)19(12)8-14(27-17(19)24)13-4-6-26-9-13/h4,6,9,12,14-16,21-23,25H,2-3,5,7-8,10-11H2,1H3. The molecule has 1 spiro atoms. The van der Waals surface area contributed by atoms with Gasteiger partial charge in [-0.3, -0.25) is 4.79 Å². The first kappa shape index (κ1) is 18.9. The molecule has 7 nitrogen and oxygen atoms in total. The van der Waals surface area contributed by atoms with Gasteiger partial charge >= 0.3 is 5.97 Å². The number of furan rings is 1.